The number of methoxy groups -OCH3 is 2. The lowest BCUT2D eigenvalue weighted by molar-refractivity contribution is -0.127. The average molecular weight is 884 g/mol. The third kappa shape index (κ3) is 9.34. The maximum atomic E-state index is 14.0. The molecule has 0 bridgehead atoms. The van der Waals surface area contributed by atoms with Gasteiger partial charge in [-0.1, -0.05) is 38.1 Å². The molecule has 4 N–H and O–H groups in total. The zero-order chi connectivity index (χ0) is 45.9. The Balaban J connectivity index is 0.864. The Hall–Kier alpha value is -7.33. The number of aliphatic imine (C=N–C) groups is 2. The van der Waals surface area contributed by atoms with Crippen LogP contribution in [0.25, 0.3) is 11.1 Å². The van der Waals surface area contributed by atoms with E-state index in [2.05, 4.69) is 15.6 Å². The number of nitrogens with two attached hydrogens (primary N) is 1. The number of nitrogens with zero attached hydrogens (tertiary/aromatic N) is 4. The third-order valence-corrected chi connectivity index (χ3v) is 11.7. The fourth-order valence-corrected chi connectivity index (χ4v) is 7.93. The van der Waals surface area contributed by atoms with Gasteiger partial charge in [0.25, 0.3) is 11.8 Å². The van der Waals surface area contributed by atoms with Gasteiger partial charge in [-0.2, -0.15) is 0 Å². The van der Waals surface area contributed by atoms with Gasteiger partial charge in [-0.25, -0.2) is 4.39 Å². The van der Waals surface area contributed by atoms with Crippen LogP contribution in [0.4, 0.5) is 21.5 Å². The molecule has 0 aliphatic carbocycles. The van der Waals surface area contributed by atoms with Gasteiger partial charge in [0.2, 0.25) is 11.8 Å². The Kier molecular flexibility index (Phi) is 12.8. The van der Waals surface area contributed by atoms with E-state index < -0.39 is 12.1 Å². The zero-order valence-corrected chi connectivity index (χ0v) is 36.7. The van der Waals surface area contributed by atoms with Gasteiger partial charge in [0.1, 0.15) is 11.9 Å². The lowest BCUT2D eigenvalue weighted by atomic mass is 10.0. The monoisotopic (exact) mass is 883 g/mol. The van der Waals surface area contributed by atoms with Crippen LogP contribution < -0.4 is 35.3 Å². The maximum absolute atomic E-state index is 14.0. The predicted molar refractivity (Wildman–Crippen MR) is 245 cm³/mol. The van der Waals surface area contributed by atoms with E-state index >= 15 is 0 Å². The van der Waals surface area contributed by atoms with Crippen LogP contribution in [0.3, 0.4) is 0 Å². The maximum Gasteiger partial charge on any atom is 0.260 e. The molecule has 0 spiro atoms. The summed E-state index contributed by atoms with van der Waals surface area (Å²) < 4.78 is 37.0. The van der Waals surface area contributed by atoms with Crippen molar-refractivity contribution in [3.05, 3.63) is 113 Å². The number of anilines is 1. The minimum atomic E-state index is -0.780. The van der Waals surface area contributed by atoms with Crippen LogP contribution >= 0.6 is 0 Å². The first-order chi connectivity index (χ1) is 31.3. The Morgan fingerprint density at radius 1 is 0.723 bits per heavy atom. The van der Waals surface area contributed by atoms with Crippen molar-refractivity contribution in [3.63, 3.8) is 0 Å². The molecule has 15 nitrogen and oxygen atoms in total. The van der Waals surface area contributed by atoms with Gasteiger partial charge in [0, 0.05) is 61.9 Å². The minimum Gasteiger partial charge on any atom is -0.493 e. The van der Waals surface area contributed by atoms with E-state index in [4.69, 9.17) is 29.7 Å². The van der Waals surface area contributed by atoms with Crippen molar-refractivity contribution >= 4 is 64.3 Å². The minimum absolute atomic E-state index is 0.0627. The second-order valence-corrected chi connectivity index (χ2v) is 16.5. The summed E-state index contributed by atoms with van der Waals surface area (Å²) >= 11 is 0. The summed E-state index contributed by atoms with van der Waals surface area (Å²) in [5.41, 5.74) is 11.7. The highest BCUT2D eigenvalue weighted by Crippen LogP contribution is 2.42. The quantitative estimate of drug-likeness (QED) is 0.105. The number of hydrogen-bond acceptors (Lipinski definition) is 11. The smallest absolute Gasteiger partial charge is 0.260 e. The molecule has 0 unspecified atom stereocenters. The molecular weight excluding hydrogens is 834 g/mol. The standard InChI is InChI=1S/C49H50FN7O8/c1-27(2)45(51)47(59)54-28(3)46(58)55-34-13-9-30(10-14-34)32-18-36-24-53-40-22-44(42(63-5)20-38(40)49(61)57(36)26-32)65-16-6-15-64-43-21-39-37(19-41(43)62-4)48(60)56-25-31(17-35(56)23-52-39)29-7-11-33(50)12-8-29/h7-14,19-28,35-36,45H,6,15-18,51H2,1-5H3,(H,54,59)(H,55,58)/t28-,35-,36-,45-/m0/s1. The number of benzene rings is 4. The van der Waals surface area contributed by atoms with E-state index in [0.29, 0.717) is 70.4 Å². The van der Waals surface area contributed by atoms with Crippen molar-refractivity contribution in [2.75, 3.05) is 32.8 Å². The van der Waals surface area contributed by atoms with Gasteiger partial charge >= 0.3 is 0 Å². The average Bonchev–Trinajstić information content (AvgIpc) is 3.88. The van der Waals surface area contributed by atoms with E-state index in [1.165, 1.54) is 26.4 Å². The number of nitrogens with one attached hydrogen (secondary N) is 2. The third-order valence-electron chi connectivity index (χ3n) is 11.7. The van der Waals surface area contributed by atoms with E-state index in [1.54, 1.807) is 83.9 Å². The number of carbonyl (C=O) groups excluding carboxylic acids is 4. The molecule has 4 aliphatic rings. The lowest BCUT2D eigenvalue weighted by Crippen LogP contribution is -2.50. The highest BCUT2D eigenvalue weighted by molar-refractivity contribution is 6.06. The highest BCUT2D eigenvalue weighted by atomic mass is 19.1. The lowest BCUT2D eigenvalue weighted by Gasteiger charge is -2.19. The van der Waals surface area contributed by atoms with Crippen LogP contribution in [0, 0.1) is 11.7 Å². The van der Waals surface area contributed by atoms with Crippen molar-refractivity contribution in [1.29, 1.82) is 0 Å². The molecule has 4 heterocycles. The molecule has 4 atom stereocenters. The van der Waals surface area contributed by atoms with E-state index in [1.807, 2.05) is 32.2 Å². The van der Waals surface area contributed by atoms with Gasteiger partial charge in [0.05, 0.1) is 68.1 Å². The molecule has 0 saturated heterocycles. The molecule has 16 heteroatoms. The molecule has 336 valence electrons. The molecule has 0 radical (unpaired) electrons. The molecule has 0 saturated carbocycles. The van der Waals surface area contributed by atoms with E-state index in [0.717, 1.165) is 22.3 Å². The van der Waals surface area contributed by atoms with Crippen LogP contribution in [0.15, 0.2) is 95.2 Å². The van der Waals surface area contributed by atoms with Crippen molar-refractivity contribution in [2.45, 2.75) is 64.2 Å². The summed E-state index contributed by atoms with van der Waals surface area (Å²) in [6.45, 7) is 5.79. The number of carbonyl (C=O) groups is 4. The van der Waals surface area contributed by atoms with Crippen molar-refractivity contribution in [1.82, 2.24) is 15.1 Å². The largest absolute Gasteiger partial charge is 0.493 e. The Morgan fingerprint density at radius 3 is 1.66 bits per heavy atom. The molecule has 4 aromatic carbocycles. The zero-order valence-electron chi connectivity index (χ0n) is 36.7. The van der Waals surface area contributed by atoms with Crippen molar-refractivity contribution < 1.29 is 42.5 Å². The van der Waals surface area contributed by atoms with Gasteiger partial charge in [-0.15, -0.1) is 0 Å². The van der Waals surface area contributed by atoms with Gasteiger partial charge in [0.15, 0.2) is 23.0 Å². The van der Waals surface area contributed by atoms with Crippen LogP contribution in [-0.4, -0.2) is 97.5 Å². The number of hydrogen-bond donors (Lipinski definition) is 3. The Morgan fingerprint density at radius 2 is 1.20 bits per heavy atom. The first-order valence-corrected chi connectivity index (χ1v) is 21.4. The number of rotatable bonds is 15. The summed E-state index contributed by atoms with van der Waals surface area (Å²) in [6.07, 6.45) is 8.67. The van der Waals surface area contributed by atoms with E-state index in [-0.39, 0.29) is 60.7 Å². The first kappa shape index (κ1) is 44.3. The molecule has 8 rings (SSSR count). The van der Waals surface area contributed by atoms with Gasteiger partial charge < -0.3 is 45.1 Å². The van der Waals surface area contributed by atoms with Gasteiger partial charge in [-0.3, -0.25) is 29.2 Å². The second-order valence-electron chi connectivity index (χ2n) is 16.5. The Bertz CT molecular complexity index is 2640. The number of halogens is 1. The van der Waals surface area contributed by atoms with E-state index in [9.17, 15) is 23.6 Å². The topological polar surface area (TPSA) is 186 Å². The van der Waals surface area contributed by atoms with Crippen LogP contribution in [0.1, 0.15) is 71.9 Å². The molecular formula is C49H50FN7O8. The SMILES string of the molecule is COc1cc2c(cc1OCCCOc1cc3c(cc1OC)C(=O)N1C=C(c4ccc(NC(=O)[C@H](C)NC(=O)[C@@H](N)C(C)C)cc4)C[C@H]1C=N3)N=C[C@@H]1CC(c3ccc(F)cc3)=CN1C2=O. The number of amides is 4. The van der Waals surface area contributed by atoms with Gasteiger partial charge in [-0.05, 0) is 71.5 Å². The summed E-state index contributed by atoms with van der Waals surface area (Å²) in [5.74, 6) is 0.000551. The van der Waals surface area contributed by atoms with Crippen molar-refractivity contribution in [2.24, 2.45) is 21.6 Å². The Labute approximate surface area is 375 Å². The molecule has 4 amide bonds. The molecule has 65 heavy (non-hydrogen) atoms. The molecule has 4 aromatic rings. The van der Waals surface area contributed by atoms with Crippen LogP contribution in [0.5, 0.6) is 23.0 Å². The second kappa shape index (κ2) is 18.8. The summed E-state index contributed by atoms with van der Waals surface area (Å²) in [7, 11) is 3.01. The summed E-state index contributed by atoms with van der Waals surface area (Å²) in [6, 6.07) is 18.1. The summed E-state index contributed by atoms with van der Waals surface area (Å²) in [5, 5.41) is 5.48. The number of ether oxygens (including phenoxy) is 4. The molecule has 0 aromatic heterocycles. The van der Waals surface area contributed by atoms with Crippen LogP contribution in [-0.2, 0) is 9.59 Å². The first-order valence-electron chi connectivity index (χ1n) is 21.4. The van der Waals surface area contributed by atoms with Crippen LogP contribution in [0.2, 0.25) is 0 Å². The normalized spacial score (nSPS) is 18.0. The number of fused-ring (bicyclic) bond motifs is 4. The fourth-order valence-electron chi connectivity index (χ4n) is 7.93. The molecule has 0 fully saturated rings. The summed E-state index contributed by atoms with van der Waals surface area (Å²) in [4.78, 5) is 65.4. The van der Waals surface area contributed by atoms with Crippen molar-refractivity contribution in [3.8, 4) is 23.0 Å². The predicted octanol–water partition coefficient (Wildman–Crippen LogP) is 7.06. The highest BCUT2D eigenvalue weighted by Gasteiger charge is 2.35. The molecule has 4 aliphatic heterocycles. The fraction of sp³-hybridized carbons (Fsp3) is 0.306.